The highest BCUT2D eigenvalue weighted by molar-refractivity contribution is 5.92. The molecule has 0 saturated carbocycles. The number of quaternary nitrogens is 1. The van der Waals surface area contributed by atoms with Gasteiger partial charge in [0, 0.05) is 18.2 Å². The van der Waals surface area contributed by atoms with Crippen LogP contribution in [0.4, 0.5) is 5.69 Å². The van der Waals surface area contributed by atoms with E-state index in [-0.39, 0.29) is 28.0 Å². The van der Waals surface area contributed by atoms with Crippen LogP contribution in [0.25, 0.3) is 22.1 Å². The molecule has 0 aliphatic heterocycles. The minimum Gasteiger partial charge on any atom is -0.595 e. The average Bonchev–Trinajstić information content (AvgIpc) is 2.79. The zero-order chi connectivity index (χ0) is 22.8. The van der Waals surface area contributed by atoms with Gasteiger partial charge in [0.1, 0.15) is 22.8 Å². The van der Waals surface area contributed by atoms with Crippen LogP contribution in [0.1, 0.15) is 16.1 Å². The van der Waals surface area contributed by atoms with Crippen molar-refractivity contribution >= 4 is 22.6 Å². The Balaban J connectivity index is 1.64. The lowest BCUT2D eigenvalue weighted by Crippen LogP contribution is -2.99. The molecule has 0 aliphatic carbocycles. The third-order valence-corrected chi connectivity index (χ3v) is 5.00. The normalized spacial score (nSPS) is 11.9. The summed E-state index contributed by atoms with van der Waals surface area (Å²) < 4.78 is 16.4. The van der Waals surface area contributed by atoms with Crippen LogP contribution in [0, 0.1) is 12.1 Å². The first-order valence-corrected chi connectivity index (χ1v) is 9.65. The number of fused-ring (bicyclic) bond motifs is 1. The molecule has 4 rings (SSSR count). The molecule has 0 saturated heterocycles. The van der Waals surface area contributed by atoms with E-state index in [9.17, 15) is 14.8 Å². The van der Waals surface area contributed by atoms with Crippen molar-refractivity contribution in [2.75, 3.05) is 7.11 Å². The van der Waals surface area contributed by atoms with Gasteiger partial charge in [-0.05, 0) is 48.9 Å². The predicted octanol–water partition coefficient (Wildman–Crippen LogP) is 3.40. The van der Waals surface area contributed by atoms with Crippen LogP contribution >= 0.6 is 0 Å². The Kier molecular flexibility index (Phi) is 5.74. The number of hydrogen-bond donors (Lipinski definition) is 2. The monoisotopic (exact) mass is 433 g/mol. The van der Waals surface area contributed by atoms with Gasteiger partial charge in [-0.15, -0.1) is 0 Å². The summed E-state index contributed by atoms with van der Waals surface area (Å²) in [5.41, 5.74) is 1.51. The van der Waals surface area contributed by atoms with Crippen molar-refractivity contribution in [3.05, 3.63) is 93.5 Å². The highest BCUT2D eigenvalue weighted by atomic mass is 16.8. The van der Waals surface area contributed by atoms with Crippen LogP contribution in [0.3, 0.4) is 0 Å². The quantitative estimate of drug-likeness (QED) is 0.282. The first-order chi connectivity index (χ1) is 15.4. The minimum atomic E-state index is -1.08. The summed E-state index contributed by atoms with van der Waals surface area (Å²) in [5.74, 6) is 0.654. The lowest BCUT2D eigenvalue weighted by Gasteiger charge is -2.11. The Bertz CT molecular complexity index is 1340. The molecule has 0 aliphatic rings. The van der Waals surface area contributed by atoms with Gasteiger partial charge in [0.2, 0.25) is 5.43 Å². The highest BCUT2D eigenvalue weighted by Gasteiger charge is 2.16. The first-order valence-electron chi connectivity index (χ1n) is 9.65. The minimum absolute atomic E-state index is 0.0668. The summed E-state index contributed by atoms with van der Waals surface area (Å²) in [7, 11) is 1.57. The summed E-state index contributed by atoms with van der Waals surface area (Å²) in [4.78, 5) is 25.5. The number of ether oxygens (including phenoxy) is 2. The molecule has 0 radical (unpaired) electrons. The third kappa shape index (κ3) is 4.10. The van der Waals surface area contributed by atoms with Crippen molar-refractivity contribution in [1.82, 2.24) is 0 Å². The molecular formula is C24H19NO7. The fraction of sp³-hybridized carbons (Fsp3) is 0.0833. The second-order valence-electron chi connectivity index (χ2n) is 7.02. The molecule has 0 fully saturated rings. The maximum atomic E-state index is 13.1. The van der Waals surface area contributed by atoms with E-state index in [0.29, 0.717) is 28.0 Å². The molecule has 8 nitrogen and oxygen atoms in total. The molecule has 1 atom stereocenters. The lowest BCUT2D eigenvalue weighted by molar-refractivity contribution is -0.991. The third-order valence-electron chi connectivity index (χ3n) is 5.00. The van der Waals surface area contributed by atoms with Crippen molar-refractivity contribution in [1.29, 1.82) is 0 Å². The number of rotatable bonds is 5. The number of hydrogen-bond acceptors (Lipinski definition) is 7. The van der Waals surface area contributed by atoms with Crippen molar-refractivity contribution in [3.63, 3.8) is 0 Å². The van der Waals surface area contributed by atoms with E-state index in [1.165, 1.54) is 36.4 Å². The zero-order valence-corrected chi connectivity index (χ0v) is 17.2. The Labute approximate surface area is 182 Å². The van der Waals surface area contributed by atoms with Crippen molar-refractivity contribution in [2.24, 2.45) is 0 Å². The van der Waals surface area contributed by atoms with E-state index in [1.54, 1.807) is 44.4 Å². The molecule has 1 heterocycles. The van der Waals surface area contributed by atoms with Crippen LogP contribution in [-0.4, -0.2) is 18.3 Å². The second kappa shape index (κ2) is 8.64. The number of methoxy groups -OCH3 is 1. The van der Waals surface area contributed by atoms with E-state index in [0.717, 1.165) is 0 Å². The predicted molar refractivity (Wildman–Crippen MR) is 116 cm³/mol. The number of nitrogens with one attached hydrogen (secondary N) is 1. The topological polar surface area (TPSA) is 113 Å². The van der Waals surface area contributed by atoms with Gasteiger partial charge < -0.3 is 19.1 Å². The standard InChI is InChI=1S/C24H19NO7/c1-14-22(15-5-9-18(30-2)10-6-15)23(26)20-12-11-19(13-21(20)31-14)32-24(27)16-3-7-17(8-4-16)25(28)29/h3-13,25,28H,1-2H3. The van der Waals surface area contributed by atoms with Crippen LogP contribution in [-0.2, 0) is 0 Å². The number of esters is 1. The molecule has 3 aromatic carbocycles. The van der Waals surface area contributed by atoms with Gasteiger partial charge in [0.05, 0.1) is 23.6 Å². The molecule has 1 aromatic heterocycles. The lowest BCUT2D eigenvalue weighted by atomic mass is 10.0. The Morgan fingerprint density at radius 1 is 1.00 bits per heavy atom. The average molecular weight is 433 g/mol. The summed E-state index contributed by atoms with van der Waals surface area (Å²) in [6, 6.07) is 17.0. The molecule has 0 spiro atoms. The maximum Gasteiger partial charge on any atom is 0.343 e. The van der Waals surface area contributed by atoms with E-state index >= 15 is 0 Å². The summed E-state index contributed by atoms with van der Waals surface area (Å²) in [6.07, 6.45) is 0. The highest BCUT2D eigenvalue weighted by Crippen LogP contribution is 2.28. The summed E-state index contributed by atoms with van der Waals surface area (Å²) in [5, 5.41) is 19.2. The van der Waals surface area contributed by atoms with Crippen LogP contribution in [0.5, 0.6) is 11.5 Å². The smallest absolute Gasteiger partial charge is 0.343 e. The van der Waals surface area contributed by atoms with Crippen molar-refractivity contribution < 1.29 is 29.1 Å². The molecular weight excluding hydrogens is 414 g/mol. The van der Waals surface area contributed by atoms with Gasteiger partial charge in [-0.1, -0.05) is 12.1 Å². The maximum absolute atomic E-state index is 13.1. The number of carbonyl (C=O) groups excluding carboxylic acids is 1. The fourth-order valence-electron chi connectivity index (χ4n) is 3.36. The van der Waals surface area contributed by atoms with Crippen LogP contribution < -0.4 is 20.1 Å². The van der Waals surface area contributed by atoms with Crippen molar-refractivity contribution in [2.45, 2.75) is 6.92 Å². The number of carbonyl (C=O) groups is 1. The van der Waals surface area contributed by atoms with Crippen LogP contribution in [0.15, 0.2) is 75.9 Å². The van der Waals surface area contributed by atoms with Gasteiger partial charge in [-0.25, -0.2) is 10.0 Å². The second-order valence-corrected chi connectivity index (χ2v) is 7.02. The van der Waals surface area contributed by atoms with Crippen molar-refractivity contribution in [3.8, 4) is 22.6 Å². The molecule has 4 aromatic rings. The van der Waals surface area contributed by atoms with Gasteiger partial charge in [-0.2, -0.15) is 5.23 Å². The van der Waals surface area contributed by atoms with E-state index in [4.69, 9.17) is 19.1 Å². The SMILES string of the molecule is COc1ccc(-c2c(C)oc3cc(OC(=O)c4ccc([NH+]([O-])O)cc4)ccc3c2=O)cc1. The molecule has 2 N–H and O–H groups in total. The molecule has 162 valence electrons. The van der Waals surface area contributed by atoms with Gasteiger partial charge in [-0.3, -0.25) is 4.79 Å². The fourth-order valence-corrected chi connectivity index (χ4v) is 3.36. The Morgan fingerprint density at radius 2 is 1.66 bits per heavy atom. The molecule has 0 amide bonds. The van der Waals surface area contributed by atoms with E-state index in [2.05, 4.69) is 0 Å². The first kappa shape index (κ1) is 21.3. The molecule has 8 heteroatoms. The molecule has 1 unspecified atom stereocenters. The van der Waals surface area contributed by atoms with Crippen LogP contribution in [0.2, 0.25) is 0 Å². The summed E-state index contributed by atoms with van der Waals surface area (Å²) in [6.45, 7) is 1.70. The van der Waals surface area contributed by atoms with Gasteiger partial charge >= 0.3 is 5.97 Å². The summed E-state index contributed by atoms with van der Waals surface area (Å²) >= 11 is 0. The zero-order valence-electron chi connectivity index (χ0n) is 17.2. The molecule has 0 bridgehead atoms. The molecule has 32 heavy (non-hydrogen) atoms. The number of aryl methyl sites for hydroxylation is 1. The van der Waals surface area contributed by atoms with Gasteiger partial charge in [0.15, 0.2) is 5.69 Å². The Hall–Kier alpha value is -3.98. The van der Waals surface area contributed by atoms with E-state index < -0.39 is 11.2 Å². The largest absolute Gasteiger partial charge is 0.595 e. The Morgan fingerprint density at radius 3 is 2.28 bits per heavy atom. The van der Waals surface area contributed by atoms with E-state index in [1.807, 2.05) is 0 Å². The van der Waals surface area contributed by atoms with Gasteiger partial charge in [0.25, 0.3) is 0 Å². The number of benzene rings is 3.